The highest BCUT2D eigenvalue weighted by Crippen LogP contribution is 2.36. The van der Waals surface area contributed by atoms with Gasteiger partial charge >= 0.3 is 0 Å². The van der Waals surface area contributed by atoms with Crippen molar-refractivity contribution in [1.82, 2.24) is 4.98 Å². The summed E-state index contributed by atoms with van der Waals surface area (Å²) in [4.78, 5) is 14.8. The molecule has 0 fully saturated rings. The number of nitrogens with one attached hydrogen (secondary N) is 1. The number of hydrogen-bond donors (Lipinski definition) is 1. The predicted octanol–water partition coefficient (Wildman–Crippen LogP) is 4.56. The average Bonchev–Trinajstić information content (AvgIpc) is 3.38. The number of anilines is 1. The summed E-state index contributed by atoms with van der Waals surface area (Å²) in [6.45, 7) is 0.170. The van der Waals surface area contributed by atoms with Crippen molar-refractivity contribution < 1.29 is 18.8 Å². The van der Waals surface area contributed by atoms with Crippen molar-refractivity contribution in [3.8, 4) is 28.8 Å². The van der Waals surface area contributed by atoms with E-state index in [-0.39, 0.29) is 18.1 Å². The number of ether oxygens (including phenoxy) is 2. The Kier molecular flexibility index (Phi) is 4.80. The second kappa shape index (κ2) is 7.57. The van der Waals surface area contributed by atoms with Crippen molar-refractivity contribution in [2.75, 3.05) is 12.1 Å². The molecule has 0 unspecified atom stereocenters. The van der Waals surface area contributed by atoms with Gasteiger partial charge in [-0.25, -0.2) is 9.37 Å². The molecule has 4 rings (SSSR count). The van der Waals surface area contributed by atoms with E-state index in [9.17, 15) is 19.8 Å². The van der Waals surface area contributed by atoms with Gasteiger partial charge in [-0.1, -0.05) is 0 Å². The first-order valence-corrected chi connectivity index (χ1v) is 9.10. The molecule has 0 spiro atoms. The number of allylic oxidation sites excluding steroid dienone is 1. The molecule has 2 aromatic carbocycles. The van der Waals surface area contributed by atoms with E-state index in [1.165, 1.54) is 23.6 Å². The zero-order chi connectivity index (χ0) is 20.4. The highest BCUT2D eigenvalue weighted by atomic mass is 32.1. The molecule has 0 aliphatic carbocycles. The molecule has 0 saturated carbocycles. The number of thiazole rings is 1. The van der Waals surface area contributed by atoms with Gasteiger partial charge in [0.25, 0.3) is 5.69 Å². The SMILES string of the molecule is N#C/C(=C/Nc1ccc(F)cc1[N+](=O)[O-])c1nc(-c2ccc3c(c2)OCO3)cs1. The largest absolute Gasteiger partial charge is 0.454 e. The lowest BCUT2D eigenvalue weighted by Gasteiger charge is -2.03. The van der Waals surface area contributed by atoms with Crippen LogP contribution in [0, 0.1) is 27.3 Å². The smallest absolute Gasteiger partial charge is 0.295 e. The quantitative estimate of drug-likeness (QED) is 0.373. The van der Waals surface area contributed by atoms with E-state index in [0.717, 1.165) is 17.7 Å². The first-order valence-electron chi connectivity index (χ1n) is 8.22. The van der Waals surface area contributed by atoms with Gasteiger partial charge in [0, 0.05) is 17.1 Å². The van der Waals surface area contributed by atoms with E-state index in [1.807, 2.05) is 12.1 Å². The summed E-state index contributed by atoms with van der Waals surface area (Å²) in [5.74, 6) is 0.560. The summed E-state index contributed by atoms with van der Waals surface area (Å²) >= 11 is 1.25. The Morgan fingerprint density at radius 1 is 1.31 bits per heavy atom. The normalized spacial score (nSPS) is 12.5. The summed E-state index contributed by atoms with van der Waals surface area (Å²) in [6.07, 6.45) is 1.31. The van der Waals surface area contributed by atoms with Gasteiger partial charge < -0.3 is 14.8 Å². The summed E-state index contributed by atoms with van der Waals surface area (Å²) in [5.41, 5.74) is 1.27. The van der Waals surface area contributed by atoms with Gasteiger partial charge in [0.2, 0.25) is 6.79 Å². The molecule has 0 amide bonds. The van der Waals surface area contributed by atoms with Gasteiger partial charge in [0.1, 0.15) is 28.2 Å². The Labute approximate surface area is 167 Å². The van der Waals surface area contributed by atoms with Gasteiger partial charge in [0.05, 0.1) is 16.7 Å². The number of aromatic nitrogens is 1. The van der Waals surface area contributed by atoms with Gasteiger partial charge in [-0.2, -0.15) is 5.26 Å². The van der Waals surface area contributed by atoms with Crippen molar-refractivity contribution in [2.45, 2.75) is 0 Å². The Morgan fingerprint density at radius 3 is 2.93 bits per heavy atom. The van der Waals surface area contributed by atoms with Gasteiger partial charge in [-0.15, -0.1) is 11.3 Å². The zero-order valence-electron chi connectivity index (χ0n) is 14.6. The number of nitrogens with zero attached hydrogens (tertiary/aromatic N) is 3. The maximum atomic E-state index is 13.3. The molecule has 144 valence electrons. The summed E-state index contributed by atoms with van der Waals surface area (Å²) in [5, 5.41) is 25.5. The number of nitro benzene ring substituents is 1. The minimum atomic E-state index is -0.722. The molecule has 0 radical (unpaired) electrons. The van der Waals surface area contributed by atoms with E-state index in [0.29, 0.717) is 22.2 Å². The van der Waals surface area contributed by atoms with Crippen LogP contribution in [-0.2, 0) is 0 Å². The van der Waals surface area contributed by atoms with Crippen molar-refractivity contribution in [2.24, 2.45) is 0 Å². The first kappa shape index (κ1) is 18.4. The highest BCUT2D eigenvalue weighted by Gasteiger charge is 2.17. The molecule has 29 heavy (non-hydrogen) atoms. The predicted molar refractivity (Wildman–Crippen MR) is 104 cm³/mol. The number of nitriles is 1. The first-order chi connectivity index (χ1) is 14.0. The summed E-state index contributed by atoms with van der Waals surface area (Å²) in [7, 11) is 0. The average molecular weight is 410 g/mol. The lowest BCUT2D eigenvalue weighted by atomic mass is 10.1. The Morgan fingerprint density at radius 2 is 2.14 bits per heavy atom. The molecule has 1 aromatic heterocycles. The second-order valence-corrected chi connectivity index (χ2v) is 6.70. The Balaban J connectivity index is 1.60. The van der Waals surface area contributed by atoms with E-state index in [1.54, 1.807) is 17.5 Å². The lowest BCUT2D eigenvalue weighted by molar-refractivity contribution is -0.384. The van der Waals surface area contributed by atoms with Crippen LogP contribution in [0.5, 0.6) is 11.5 Å². The van der Waals surface area contributed by atoms with Crippen LogP contribution in [0.2, 0.25) is 0 Å². The van der Waals surface area contributed by atoms with Crippen molar-refractivity contribution in [3.05, 3.63) is 68.9 Å². The number of fused-ring (bicyclic) bond motifs is 1. The number of hydrogen-bond acceptors (Lipinski definition) is 8. The molecule has 2 heterocycles. The van der Waals surface area contributed by atoms with Gasteiger partial charge in [-0.05, 0) is 30.3 Å². The van der Waals surface area contributed by atoms with Crippen molar-refractivity contribution in [1.29, 1.82) is 5.26 Å². The molecule has 1 N–H and O–H groups in total. The third-order valence-corrected chi connectivity index (χ3v) is 4.93. The van der Waals surface area contributed by atoms with Gasteiger partial charge in [0.15, 0.2) is 11.5 Å². The van der Waals surface area contributed by atoms with Crippen LogP contribution < -0.4 is 14.8 Å². The molecule has 8 nitrogen and oxygen atoms in total. The fraction of sp³-hybridized carbons (Fsp3) is 0.0526. The van der Waals surface area contributed by atoms with Gasteiger partial charge in [-0.3, -0.25) is 10.1 Å². The minimum Gasteiger partial charge on any atom is -0.454 e. The van der Waals surface area contributed by atoms with Crippen LogP contribution in [0.3, 0.4) is 0 Å². The molecule has 0 bridgehead atoms. The fourth-order valence-corrected chi connectivity index (χ4v) is 3.45. The molecule has 10 heteroatoms. The molecular weight excluding hydrogens is 399 g/mol. The fourth-order valence-electron chi connectivity index (χ4n) is 2.66. The monoisotopic (exact) mass is 410 g/mol. The number of halogens is 1. The van der Waals surface area contributed by atoms with Crippen LogP contribution in [0.4, 0.5) is 15.8 Å². The van der Waals surface area contributed by atoms with E-state index < -0.39 is 16.4 Å². The van der Waals surface area contributed by atoms with Crippen molar-refractivity contribution >= 4 is 28.3 Å². The Bertz CT molecular complexity index is 1190. The number of rotatable bonds is 5. The molecular formula is C19H11FN4O4S. The van der Waals surface area contributed by atoms with Crippen molar-refractivity contribution in [3.63, 3.8) is 0 Å². The summed E-state index contributed by atoms with van der Waals surface area (Å²) < 4.78 is 23.9. The van der Waals surface area contributed by atoms with Crippen LogP contribution in [0.1, 0.15) is 5.01 Å². The zero-order valence-corrected chi connectivity index (χ0v) is 15.4. The molecule has 1 aliphatic heterocycles. The molecule has 1 aliphatic rings. The molecule has 3 aromatic rings. The Hall–Kier alpha value is -3.97. The highest BCUT2D eigenvalue weighted by molar-refractivity contribution is 7.11. The van der Waals surface area contributed by atoms with Crippen LogP contribution in [0.15, 0.2) is 48.0 Å². The minimum absolute atomic E-state index is 0.0664. The maximum Gasteiger partial charge on any atom is 0.295 e. The lowest BCUT2D eigenvalue weighted by Crippen LogP contribution is -1.97. The van der Waals surface area contributed by atoms with E-state index in [4.69, 9.17) is 9.47 Å². The number of benzene rings is 2. The maximum absolute atomic E-state index is 13.3. The third kappa shape index (κ3) is 3.71. The third-order valence-electron chi connectivity index (χ3n) is 4.05. The topological polar surface area (TPSA) is 110 Å². The molecule has 0 saturated heterocycles. The summed E-state index contributed by atoms with van der Waals surface area (Å²) in [6, 6.07) is 10.6. The van der Waals surface area contributed by atoms with Crippen LogP contribution in [0.25, 0.3) is 16.8 Å². The number of nitro groups is 1. The molecule has 0 atom stereocenters. The second-order valence-electron chi connectivity index (χ2n) is 5.84. The standard InChI is InChI=1S/C19H11FN4O4S/c20-13-2-3-14(16(6-13)24(25)26)22-8-12(7-21)19-23-15(9-29-19)11-1-4-17-18(5-11)28-10-27-17/h1-6,8-9,22H,10H2/b12-8-. The van der Waals surface area contributed by atoms with Crippen LogP contribution >= 0.6 is 11.3 Å². The van der Waals surface area contributed by atoms with E-state index >= 15 is 0 Å². The van der Waals surface area contributed by atoms with E-state index in [2.05, 4.69) is 10.3 Å². The van der Waals surface area contributed by atoms with Crippen LogP contribution in [-0.4, -0.2) is 16.7 Å².